The third kappa shape index (κ3) is 3.62. The molecule has 8 nitrogen and oxygen atoms in total. The van der Waals surface area contributed by atoms with Gasteiger partial charge in [-0.25, -0.2) is 14.8 Å². The second-order valence-electron chi connectivity index (χ2n) is 4.75. The van der Waals surface area contributed by atoms with Crippen LogP contribution in [0, 0.1) is 6.92 Å². The van der Waals surface area contributed by atoms with Crippen molar-refractivity contribution < 1.29 is 14.4 Å². The molecule has 0 aliphatic carbocycles. The molecule has 0 radical (unpaired) electrons. The molecule has 3 rings (SSSR count). The number of nitrogens with one attached hydrogen (secondary N) is 2. The van der Waals surface area contributed by atoms with E-state index in [2.05, 4.69) is 25.8 Å². The van der Waals surface area contributed by atoms with Crippen molar-refractivity contribution in [3.05, 3.63) is 54.0 Å². The Bertz CT molecular complexity index is 846. The maximum Gasteiger partial charge on any atom is 0.335 e. The number of benzene rings is 1. The minimum absolute atomic E-state index is 0.195. The number of hydrogen-bond acceptors (Lipinski definition) is 7. The number of carboxylic acids is 1. The van der Waals surface area contributed by atoms with Crippen molar-refractivity contribution in [3.63, 3.8) is 0 Å². The van der Waals surface area contributed by atoms with E-state index >= 15 is 0 Å². The minimum atomic E-state index is -0.986. The molecule has 0 aliphatic heterocycles. The van der Waals surface area contributed by atoms with Gasteiger partial charge >= 0.3 is 5.97 Å². The number of aryl methyl sites for hydroxylation is 1. The van der Waals surface area contributed by atoms with Crippen molar-refractivity contribution in [1.82, 2.24) is 15.1 Å². The van der Waals surface area contributed by atoms with Gasteiger partial charge in [0.05, 0.1) is 5.56 Å². The average molecular weight is 311 g/mol. The van der Waals surface area contributed by atoms with Gasteiger partial charge in [-0.15, -0.1) is 0 Å². The summed E-state index contributed by atoms with van der Waals surface area (Å²) in [6, 6.07) is 9.88. The zero-order chi connectivity index (χ0) is 16.2. The van der Waals surface area contributed by atoms with E-state index in [0.717, 1.165) is 0 Å². The molecular formula is C15H13N5O3. The highest BCUT2D eigenvalue weighted by molar-refractivity contribution is 5.89. The predicted molar refractivity (Wildman–Crippen MR) is 83.2 cm³/mol. The van der Waals surface area contributed by atoms with Gasteiger partial charge in [0.2, 0.25) is 0 Å². The first kappa shape index (κ1) is 14.5. The number of nitrogens with zero attached hydrogens (tertiary/aromatic N) is 3. The summed E-state index contributed by atoms with van der Waals surface area (Å²) in [4.78, 5) is 19.2. The fourth-order valence-electron chi connectivity index (χ4n) is 1.93. The van der Waals surface area contributed by atoms with Crippen LogP contribution in [0.1, 0.15) is 16.1 Å². The Labute approximate surface area is 131 Å². The molecule has 0 saturated heterocycles. The first-order valence-electron chi connectivity index (χ1n) is 6.73. The summed E-state index contributed by atoms with van der Waals surface area (Å²) < 4.78 is 4.97. The molecule has 0 atom stereocenters. The SMILES string of the molecule is Cc1cc(Nc2cc(Nc3cccc(C(=O)O)c3)ncn2)no1. The van der Waals surface area contributed by atoms with Crippen LogP contribution < -0.4 is 10.6 Å². The molecule has 3 aromatic rings. The molecule has 8 heteroatoms. The predicted octanol–water partition coefficient (Wildman–Crippen LogP) is 2.96. The van der Waals surface area contributed by atoms with Gasteiger partial charge in [0.15, 0.2) is 5.82 Å². The smallest absolute Gasteiger partial charge is 0.335 e. The van der Waals surface area contributed by atoms with Gasteiger partial charge in [0.25, 0.3) is 0 Å². The highest BCUT2D eigenvalue weighted by Gasteiger charge is 2.06. The highest BCUT2D eigenvalue weighted by atomic mass is 16.5. The van der Waals surface area contributed by atoms with Crippen LogP contribution in [0.15, 0.2) is 47.2 Å². The Morgan fingerprint density at radius 1 is 1.09 bits per heavy atom. The van der Waals surface area contributed by atoms with Crippen LogP contribution in [0.25, 0.3) is 0 Å². The monoisotopic (exact) mass is 311 g/mol. The largest absolute Gasteiger partial charge is 0.478 e. The van der Waals surface area contributed by atoms with Crippen LogP contribution in [0.2, 0.25) is 0 Å². The molecule has 0 bridgehead atoms. The van der Waals surface area contributed by atoms with Crippen LogP contribution in [-0.2, 0) is 0 Å². The van der Waals surface area contributed by atoms with Crippen molar-refractivity contribution in [2.75, 3.05) is 10.6 Å². The van der Waals surface area contributed by atoms with E-state index in [4.69, 9.17) is 9.63 Å². The lowest BCUT2D eigenvalue weighted by Gasteiger charge is -2.07. The normalized spacial score (nSPS) is 10.3. The van der Waals surface area contributed by atoms with Crippen molar-refractivity contribution >= 4 is 29.1 Å². The van der Waals surface area contributed by atoms with E-state index in [9.17, 15) is 4.79 Å². The minimum Gasteiger partial charge on any atom is -0.478 e. The Balaban J connectivity index is 1.77. The lowest BCUT2D eigenvalue weighted by molar-refractivity contribution is 0.0697. The van der Waals surface area contributed by atoms with Crippen LogP contribution in [0.3, 0.4) is 0 Å². The summed E-state index contributed by atoms with van der Waals surface area (Å²) in [5, 5.41) is 18.9. The number of hydrogen-bond donors (Lipinski definition) is 3. The number of carbonyl (C=O) groups is 1. The summed E-state index contributed by atoms with van der Waals surface area (Å²) >= 11 is 0. The topological polar surface area (TPSA) is 113 Å². The first-order chi connectivity index (χ1) is 11.1. The van der Waals surface area contributed by atoms with Gasteiger partial charge in [-0.1, -0.05) is 11.2 Å². The van der Waals surface area contributed by atoms with Gasteiger partial charge in [-0.05, 0) is 25.1 Å². The lowest BCUT2D eigenvalue weighted by atomic mass is 10.2. The molecule has 0 aliphatic rings. The molecule has 2 aromatic heterocycles. The third-order valence-corrected chi connectivity index (χ3v) is 2.93. The van der Waals surface area contributed by atoms with Crippen molar-refractivity contribution in [1.29, 1.82) is 0 Å². The van der Waals surface area contributed by atoms with Crippen molar-refractivity contribution in [2.45, 2.75) is 6.92 Å². The second-order valence-corrected chi connectivity index (χ2v) is 4.75. The van der Waals surface area contributed by atoms with Crippen LogP contribution >= 0.6 is 0 Å². The zero-order valence-corrected chi connectivity index (χ0v) is 12.1. The van der Waals surface area contributed by atoms with Gasteiger partial charge < -0.3 is 20.3 Å². The summed E-state index contributed by atoms with van der Waals surface area (Å²) in [5.74, 6) is 1.29. The van der Waals surface area contributed by atoms with E-state index in [0.29, 0.717) is 28.9 Å². The molecule has 0 amide bonds. The van der Waals surface area contributed by atoms with Crippen LogP contribution in [0.5, 0.6) is 0 Å². The molecule has 2 heterocycles. The molecule has 0 unspecified atom stereocenters. The zero-order valence-electron chi connectivity index (χ0n) is 12.1. The first-order valence-corrected chi connectivity index (χ1v) is 6.73. The Hall–Kier alpha value is -3.42. The second kappa shape index (κ2) is 6.14. The molecule has 0 fully saturated rings. The van der Waals surface area contributed by atoms with Gasteiger partial charge in [-0.3, -0.25) is 0 Å². The quantitative estimate of drug-likeness (QED) is 0.659. The Morgan fingerprint density at radius 3 is 2.57 bits per heavy atom. The number of carboxylic acid groups (broad SMARTS) is 1. The maximum atomic E-state index is 11.0. The van der Waals surface area contributed by atoms with E-state index in [1.807, 2.05) is 0 Å². The van der Waals surface area contributed by atoms with Crippen LogP contribution in [-0.4, -0.2) is 26.2 Å². The van der Waals surface area contributed by atoms with Crippen LogP contribution in [0.4, 0.5) is 23.1 Å². The number of aromatic nitrogens is 3. The molecular weight excluding hydrogens is 298 g/mol. The lowest BCUT2D eigenvalue weighted by Crippen LogP contribution is -2.00. The van der Waals surface area contributed by atoms with E-state index in [1.54, 1.807) is 31.2 Å². The number of anilines is 4. The maximum absolute atomic E-state index is 11.0. The number of rotatable bonds is 5. The van der Waals surface area contributed by atoms with E-state index in [1.165, 1.54) is 18.5 Å². The highest BCUT2D eigenvalue weighted by Crippen LogP contribution is 2.19. The summed E-state index contributed by atoms with van der Waals surface area (Å²) in [6.07, 6.45) is 1.39. The Morgan fingerprint density at radius 2 is 1.87 bits per heavy atom. The van der Waals surface area contributed by atoms with Crippen molar-refractivity contribution in [3.8, 4) is 0 Å². The Kier molecular flexibility index (Phi) is 3.88. The third-order valence-electron chi connectivity index (χ3n) is 2.93. The molecule has 3 N–H and O–H groups in total. The molecule has 0 saturated carbocycles. The van der Waals surface area contributed by atoms with Gasteiger partial charge in [0.1, 0.15) is 23.7 Å². The van der Waals surface area contributed by atoms with Crippen molar-refractivity contribution in [2.24, 2.45) is 0 Å². The summed E-state index contributed by atoms with van der Waals surface area (Å²) in [5.41, 5.74) is 0.812. The van der Waals surface area contributed by atoms with E-state index < -0.39 is 5.97 Å². The van der Waals surface area contributed by atoms with Gasteiger partial charge in [0, 0.05) is 17.8 Å². The number of aromatic carboxylic acids is 1. The fourth-order valence-corrected chi connectivity index (χ4v) is 1.93. The van der Waals surface area contributed by atoms with Gasteiger partial charge in [-0.2, -0.15) is 0 Å². The molecule has 116 valence electrons. The molecule has 0 spiro atoms. The molecule has 1 aromatic carbocycles. The standard InChI is InChI=1S/C15H13N5O3/c1-9-5-14(20-23-9)19-13-7-12(16-8-17-13)18-11-4-2-3-10(6-11)15(21)22/h2-8H,1H3,(H,21,22)(H2,16,17,18,19,20). The fraction of sp³-hybridized carbons (Fsp3) is 0.0667. The molecule has 23 heavy (non-hydrogen) atoms. The summed E-state index contributed by atoms with van der Waals surface area (Å²) in [6.45, 7) is 1.79. The van der Waals surface area contributed by atoms with E-state index in [-0.39, 0.29) is 5.56 Å². The average Bonchev–Trinajstić information content (AvgIpc) is 2.93. The summed E-state index contributed by atoms with van der Waals surface area (Å²) in [7, 11) is 0.